The molecule has 26 heavy (non-hydrogen) atoms. The van der Waals surface area contributed by atoms with Gasteiger partial charge in [-0.3, -0.25) is 9.52 Å². The van der Waals surface area contributed by atoms with E-state index < -0.39 is 10.0 Å². The molecular weight excluding hydrogens is 354 g/mol. The second kappa shape index (κ2) is 8.68. The molecule has 0 bridgehead atoms. The van der Waals surface area contributed by atoms with Gasteiger partial charge in [-0.15, -0.1) is 0 Å². The predicted octanol–water partition coefficient (Wildman–Crippen LogP) is 2.35. The van der Waals surface area contributed by atoms with Gasteiger partial charge in [0.15, 0.2) is 0 Å². The Morgan fingerprint density at radius 1 is 1.15 bits per heavy atom. The van der Waals surface area contributed by atoms with Crippen molar-refractivity contribution in [1.29, 1.82) is 0 Å². The Morgan fingerprint density at radius 2 is 1.88 bits per heavy atom. The second-order valence-corrected chi connectivity index (χ2v) is 7.34. The molecule has 0 radical (unpaired) electrons. The number of benzene rings is 2. The number of carbonyl (C=O) groups is 1. The third-order valence-electron chi connectivity index (χ3n) is 3.71. The second-order valence-electron chi connectivity index (χ2n) is 5.69. The molecule has 0 aliphatic carbocycles. The van der Waals surface area contributed by atoms with Crippen molar-refractivity contribution < 1.29 is 17.9 Å². The Labute approximate surface area is 153 Å². The lowest BCUT2D eigenvalue weighted by Crippen LogP contribution is -2.19. The number of carbonyl (C=O) groups excluding carboxylic acids is 1. The van der Waals surface area contributed by atoms with Crippen LogP contribution in [0.2, 0.25) is 0 Å². The van der Waals surface area contributed by atoms with Crippen LogP contribution in [-0.4, -0.2) is 35.0 Å². The van der Waals surface area contributed by atoms with Crippen LogP contribution in [0.25, 0.3) is 0 Å². The Morgan fingerprint density at radius 3 is 2.58 bits per heavy atom. The first-order valence-corrected chi connectivity index (χ1v) is 9.56. The van der Waals surface area contributed by atoms with E-state index in [-0.39, 0.29) is 10.8 Å². The van der Waals surface area contributed by atoms with E-state index in [1.807, 2.05) is 0 Å². The summed E-state index contributed by atoms with van der Waals surface area (Å²) in [6, 6.07) is 11.5. The van der Waals surface area contributed by atoms with E-state index in [0.29, 0.717) is 35.7 Å². The zero-order chi connectivity index (χ0) is 19.2. The summed E-state index contributed by atoms with van der Waals surface area (Å²) in [7, 11) is -0.616. The summed E-state index contributed by atoms with van der Waals surface area (Å²) in [6.45, 7) is 2.24. The fourth-order valence-electron chi connectivity index (χ4n) is 2.36. The minimum atomic E-state index is -3.85. The SMILES string of the molecule is CNCCC(=O)Nc1ccc(C)c(S(=O)(=O)Nc2ccccc2OC)c1. The quantitative estimate of drug-likeness (QED) is 0.656. The maximum atomic E-state index is 12.8. The summed E-state index contributed by atoms with van der Waals surface area (Å²) in [5.41, 5.74) is 1.34. The number of hydrogen-bond donors (Lipinski definition) is 3. The number of nitrogens with one attached hydrogen (secondary N) is 3. The predicted molar refractivity (Wildman–Crippen MR) is 102 cm³/mol. The Balaban J connectivity index is 2.28. The van der Waals surface area contributed by atoms with Crippen LogP contribution in [0.15, 0.2) is 47.4 Å². The first kappa shape index (κ1) is 19.7. The summed E-state index contributed by atoms with van der Waals surface area (Å²) >= 11 is 0. The average molecular weight is 377 g/mol. The molecule has 0 aliphatic heterocycles. The van der Waals surface area contributed by atoms with Crippen LogP contribution in [0.4, 0.5) is 11.4 Å². The molecule has 0 saturated carbocycles. The van der Waals surface area contributed by atoms with E-state index in [1.54, 1.807) is 50.4 Å². The van der Waals surface area contributed by atoms with E-state index in [9.17, 15) is 13.2 Å². The highest BCUT2D eigenvalue weighted by Gasteiger charge is 2.19. The van der Waals surface area contributed by atoms with E-state index in [2.05, 4.69) is 15.4 Å². The Bertz CT molecular complexity index is 882. The third-order valence-corrected chi connectivity index (χ3v) is 5.22. The number of ether oxygens (including phenoxy) is 1. The van der Waals surface area contributed by atoms with Gasteiger partial charge in [-0.25, -0.2) is 8.42 Å². The number of rotatable bonds is 8. The van der Waals surface area contributed by atoms with Gasteiger partial charge in [0.25, 0.3) is 10.0 Å². The molecule has 0 spiro atoms. The summed E-state index contributed by atoms with van der Waals surface area (Å²) in [4.78, 5) is 12.0. The Hall–Kier alpha value is -2.58. The summed E-state index contributed by atoms with van der Waals surface area (Å²) in [5, 5.41) is 5.60. The van der Waals surface area contributed by atoms with Crippen molar-refractivity contribution in [3.05, 3.63) is 48.0 Å². The summed E-state index contributed by atoms with van der Waals surface area (Å²) in [6.07, 6.45) is 0.298. The number of para-hydroxylation sites is 2. The summed E-state index contributed by atoms with van der Waals surface area (Å²) in [5.74, 6) is 0.231. The van der Waals surface area contributed by atoms with Gasteiger partial charge in [-0.1, -0.05) is 18.2 Å². The van der Waals surface area contributed by atoms with Gasteiger partial charge >= 0.3 is 0 Å². The number of hydrogen-bond acceptors (Lipinski definition) is 5. The maximum Gasteiger partial charge on any atom is 0.262 e. The lowest BCUT2D eigenvalue weighted by atomic mass is 10.2. The van der Waals surface area contributed by atoms with Gasteiger partial charge in [0.2, 0.25) is 5.91 Å². The van der Waals surface area contributed by atoms with Gasteiger partial charge in [-0.05, 0) is 43.8 Å². The number of aryl methyl sites for hydroxylation is 1. The van der Waals surface area contributed by atoms with Crippen LogP contribution in [0, 0.1) is 6.92 Å². The minimum Gasteiger partial charge on any atom is -0.495 e. The molecule has 0 aromatic heterocycles. The zero-order valence-electron chi connectivity index (χ0n) is 15.0. The Kier molecular flexibility index (Phi) is 6.59. The van der Waals surface area contributed by atoms with Crippen LogP contribution in [0.3, 0.4) is 0 Å². The molecule has 0 heterocycles. The average Bonchev–Trinajstić information content (AvgIpc) is 2.61. The molecule has 2 aromatic carbocycles. The molecule has 0 fully saturated rings. The van der Waals surface area contributed by atoms with Crippen molar-refractivity contribution in [3.8, 4) is 5.75 Å². The lowest BCUT2D eigenvalue weighted by molar-refractivity contribution is -0.116. The van der Waals surface area contributed by atoms with Crippen LogP contribution in [-0.2, 0) is 14.8 Å². The summed E-state index contributed by atoms with van der Waals surface area (Å²) < 4.78 is 33.3. The molecule has 7 nitrogen and oxygen atoms in total. The van der Waals surface area contributed by atoms with E-state index in [1.165, 1.54) is 13.2 Å². The molecule has 140 valence electrons. The standard InChI is InChI=1S/C18H23N3O4S/c1-13-8-9-14(20-18(22)10-11-19-2)12-17(13)26(23,24)21-15-6-4-5-7-16(15)25-3/h4-9,12,19,21H,10-11H2,1-3H3,(H,20,22). The van der Waals surface area contributed by atoms with Gasteiger partial charge in [-0.2, -0.15) is 0 Å². The fourth-order valence-corrected chi connectivity index (χ4v) is 3.70. The van der Waals surface area contributed by atoms with Crippen LogP contribution >= 0.6 is 0 Å². The largest absolute Gasteiger partial charge is 0.495 e. The molecular formula is C18H23N3O4S. The van der Waals surface area contributed by atoms with E-state index in [0.717, 1.165) is 0 Å². The minimum absolute atomic E-state index is 0.0924. The lowest BCUT2D eigenvalue weighted by Gasteiger charge is -2.14. The van der Waals surface area contributed by atoms with Crippen LogP contribution in [0.5, 0.6) is 5.75 Å². The third kappa shape index (κ3) is 4.96. The van der Waals surface area contributed by atoms with Crippen molar-refractivity contribution in [2.24, 2.45) is 0 Å². The number of methoxy groups -OCH3 is 1. The molecule has 2 rings (SSSR count). The van der Waals surface area contributed by atoms with Crippen LogP contribution in [0.1, 0.15) is 12.0 Å². The van der Waals surface area contributed by atoms with Crippen molar-refractivity contribution in [1.82, 2.24) is 5.32 Å². The van der Waals surface area contributed by atoms with E-state index in [4.69, 9.17) is 4.74 Å². The normalized spacial score (nSPS) is 11.0. The van der Waals surface area contributed by atoms with Gasteiger partial charge in [0.1, 0.15) is 5.75 Å². The first-order chi connectivity index (χ1) is 12.4. The highest BCUT2D eigenvalue weighted by molar-refractivity contribution is 7.92. The maximum absolute atomic E-state index is 12.8. The molecule has 0 unspecified atom stereocenters. The van der Waals surface area contributed by atoms with Gasteiger partial charge < -0.3 is 15.4 Å². The zero-order valence-corrected chi connectivity index (χ0v) is 15.8. The highest BCUT2D eigenvalue weighted by Crippen LogP contribution is 2.28. The van der Waals surface area contributed by atoms with E-state index >= 15 is 0 Å². The molecule has 1 amide bonds. The molecule has 0 aliphatic rings. The van der Waals surface area contributed by atoms with Crippen LogP contribution < -0.4 is 20.1 Å². The number of sulfonamides is 1. The molecule has 3 N–H and O–H groups in total. The molecule has 8 heteroatoms. The smallest absolute Gasteiger partial charge is 0.262 e. The first-order valence-electron chi connectivity index (χ1n) is 8.08. The molecule has 0 atom stereocenters. The van der Waals surface area contributed by atoms with Crippen molar-refractivity contribution in [2.45, 2.75) is 18.2 Å². The number of anilines is 2. The van der Waals surface area contributed by atoms with Gasteiger partial charge in [0, 0.05) is 18.7 Å². The van der Waals surface area contributed by atoms with Gasteiger partial charge in [0.05, 0.1) is 17.7 Å². The number of amides is 1. The van der Waals surface area contributed by atoms with Crippen molar-refractivity contribution >= 4 is 27.3 Å². The molecule has 0 saturated heterocycles. The highest BCUT2D eigenvalue weighted by atomic mass is 32.2. The van der Waals surface area contributed by atoms with Crippen molar-refractivity contribution in [3.63, 3.8) is 0 Å². The molecule has 2 aromatic rings. The topological polar surface area (TPSA) is 96.5 Å². The fraction of sp³-hybridized carbons (Fsp3) is 0.278. The van der Waals surface area contributed by atoms with Crippen molar-refractivity contribution in [2.75, 3.05) is 30.7 Å². The monoisotopic (exact) mass is 377 g/mol.